The molecule has 0 atom stereocenters. The third-order valence-corrected chi connectivity index (χ3v) is 4.03. The highest BCUT2D eigenvalue weighted by Gasteiger charge is 2.29. The van der Waals surface area contributed by atoms with E-state index in [1.807, 2.05) is 0 Å². The molecule has 0 radical (unpaired) electrons. The van der Waals surface area contributed by atoms with Gasteiger partial charge in [0.25, 0.3) is 5.24 Å². The van der Waals surface area contributed by atoms with E-state index in [-0.39, 0.29) is 53.3 Å². The zero-order valence-electron chi connectivity index (χ0n) is 10.4. The van der Waals surface area contributed by atoms with E-state index in [9.17, 15) is 19.2 Å². The zero-order valence-corrected chi connectivity index (χ0v) is 12.1. The molecule has 2 N–H and O–H groups in total. The molecule has 0 aromatic heterocycles. The lowest BCUT2D eigenvalue weighted by atomic mass is 10.5. The Morgan fingerprint density at radius 2 is 2.00 bits per heavy atom. The van der Waals surface area contributed by atoms with E-state index < -0.39 is 0 Å². The molecule has 106 valence electrons. The summed E-state index contributed by atoms with van der Waals surface area (Å²) in [5, 5.41) is 4.78. The highest BCUT2D eigenvalue weighted by Crippen LogP contribution is 2.17. The lowest BCUT2D eigenvalue weighted by Crippen LogP contribution is -2.38. The van der Waals surface area contributed by atoms with Crippen LogP contribution in [-0.2, 0) is 14.4 Å². The molecule has 0 unspecified atom stereocenters. The maximum atomic E-state index is 11.4. The van der Waals surface area contributed by atoms with Crippen molar-refractivity contribution in [3.63, 3.8) is 0 Å². The minimum absolute atomic E-state index is 0.136. The van der Waals surface area contributed by atoms with Crippen LogP contribution in [0.25, 0.3) is 0 Å². The Morgan fingerprint density at radius 3 is 2.58 bits per heavy atom. The maximum absolute atomic E-state index is 11.4. The second-order valence-corrected chi connectivity index (χ2v) is 5.53. The Hall–Kier alpha value is -1.22. The summed E-state index contributed by atoms with van der Waals surface area (Å²) in [5.74, 6) is -0.00960. The maximum Gasteiger partial charge on any atom is 0.288 e. The summed E-state index contributed by atoms with van der Waals surface area (Å²) < 4.78 is 0. The topological polar surface area (TPSA) is 95.6 Å². The van der Waals surface area contributed by atoms with Gasteiger partial charge in [0, 0.05) is 20.1 Å². The van der Waals surface area contributed by atoms with Gasteiger partial charge in [-0.15, -0.1) is 11.8 Å². The van der Waals surface area contributed by atoms with Crippen LogP contribution >= 0.6 is 23.5 Å². The number of hydrogen-bond acceptors (Lipinski definition) is 6. The van der Waals surface area contributed by atoms with Gasteiger partial charge >= 0.3 is 0 Å². The predicted octanol–water partition coefficient (Wildman–Crippen LogP) is -0.723. The molecule has 0 saturated carbocycles. The minimum atomic E-state index is -0.270. The van der Waals surface area contributed by atoms with Gasteiger partial charge in [-0.3, -0.25) is 24.1 Å². The number of imide groups is 1. The molecule has 1 heterocycles. The molecule has 19 heavy (non-hydrogen) atoms. The van der Waals surface area contributed by atoms with E-state index in [4.69, 9.17) is 0 Å². The van der Waals surface area contributed by atoms with E-state index in [2.05, 4.69) is 10.6 Å². The summed E-state index contributed by atoms with van der Waals surface area (Å²) in [4.78, 5) is 45.9. The summed E-state index contributed by atoms with van der Waals surface area (Å²) in [6.45, 7) is 0.425. The van der Waals surface area contributed by atoms with Crippen molar-refractivity contribution in [2.45, 2.75) is 0 Å². The van der Waals surface area contributed by atoms with Gasteiger partial charge in [0.2, 0.25) is 17.7 Å². The van der Waals surface area contributed by atoms with Gasteiger partial charge < -0.3 is 10.6 Å². The molecule has 7 nitrogen and oxygen atoms in total. The van der Waals surface area contributed by atoms with Gasteiger partial charge in [-0.05, 0) is 0 Å². The van der Waals surface area contributed by atoms with Gasteiger partial charge in [-0.25, -0.2) is 0 Å². The highest BCUT2D eigenvalue weighted by molar-refractivity contribution is 8.14. The summed E-state index contributed by atoms with van der Waals surface area (Å²) >= 11 is 2.17. The van der Waals surface area contributed by atoms with Crippen molar-refractivity contribution < 1.29 is 19.2 Å². The highest BCUT2D eigenvalue weighted by atomic mass is 32.2. The molecular formula is C10H15N3O4S2. The molecule has 1 aliphatic heterocycles. The average Bonchev–Trinajstić information content (AvgIpc) is 2.70. The molecule has 0 aromatic carbocycles. The first-order valence-electron chi connectivity index (χ1n) is 5.56. The van der Waals surface area contributed by atoms with Gasteiger partial charge in [0.05, 0.1) is 17.3 Å². The molecule has 0 spiro atoms. The van der Waals surface area contributed by atoms with Crippen molar-refractivity contribution >= 4 is 46.5 Å². The second-order valence-electron chi connectivity index (χ2n) is 3.62. The lowest BCUT2D eigenvalue weighted by molar-refractivity contribution is -0.125. The van der Waals surface area contributed by atoms with Crippen molar-refractivity contribution in [3.8, 4) is 0 Å². The molecule has 9 heteroatoms. The number of hydrogen-bond donors (Lipinski definition) is 2. The van der Waals surface area contributed by atoms with E-state index >= 15 is 0 Å². The monoisotopic (exact) mass is 305 g/mol. The number of carbonyl (C=O) groups excluding carboxylic acids is 4. The molecular weight excluding hydrogens is 290 g/mol. The van der Waals surface area contributed by atoms with E-state index in [1.165, 1.54) is 18.8 Å². The second kappa shape index (κ2) is 8.05. The summed E-state index contributed by atoms with van der Waals surface area (Å²) in [5.41, 5.74) is 0. The van der Waals surface area contributed by atoms with Gasteiger partial charge in [0.1, 0.15) is 0 Å². The van der Waals surface area contributed by atoms with Crippen molar-refractivity contribution in [1.82, 2.24) is 15.5 Å². The predicted molar refractivity (Wildman–Crippen MR) is 74.0 cm³/mol. The number of nitrogens with one attached hydrogen (secondary N) is 2. The molecule has 0 aliphatic carbocycles. The Balaban J connectivity index is 2.12. The van der Waals surface area contributed by atoms with Gasteiger partial charge in [-0.2, -0.15) is 0 Å². The van der Waals surface area contributed by atoms with Gasteiger partial charge in [0.15, 0.2) is 0 Å². The molecule has 1 saturated heterocycles. The first-order chi connectivity index (χ1) is 9.04. The number of nitrogens with zero attached hydrogens (tertiary/aromatic N) is 1. The van der Waals surface area contributed by atoms with Crippen molar-refractivity contribution in [2.75, 3.05) is 37.4 Å². The third kappa shape index (κ3) is 5.52. The van der Waals surface area contributed by atoms with Crippen molar-refractivity contribution in [3.05, 3.63) is 0 Å². The fourth-order valence-electron chi connectivity index (χ4n) is 1.26. The van der Waals surface area contributed by atoms with Crippen LogP contribution in [0.3, 0.4) is 0 Å². The van der Waals surface area contributed by atoms with E-state index in [0.717, 1.165) is 16.7 Å². The fraction of sp³-hybridized carbons (Fsp3) is 0.600. The first-order valence-corrected chi connectivity index (χ1v) is 7.70. The molecule has 1 aliphatic rings. The minimum Gasteiger partial charge on any atom is -0.358 e. The van der Waals surface area contributed by atoms with Gasteiger partial charge in [-0.1, -0.05) is 11.8 Å². The molecule has 1 rings (SSSR count). The standard InChI is InChI=1S/C10H15N3O4S2/c1-11-7(14)4-18-5-8(15)12-2-3-13-9(16)6-19-10(13)17/h2-6H2,1H3,(H,11,14)(H,12,15). The number of amides is 4. The SMILES string of the molecule is CNC(=O)CSCC(=O)NCCN1C(=O)CSC1=O. The Morgan fingerprint density at radius 1 is 1.32 bits per heavy atom. The van der Waals surface area contributed by atoms with Crippen molar-refractivity contribution in [1.29, 1.82) is 0 Å². The molecule has 1 fully saturated rings. The molecule has 0 aromatic rings. The number of carbonyl (C=O) groups is 4. The number of rotatable bonds is 7. The van der Waals surface area contributed by atoms with Crippen LogP contribution in [0.5, 0.6) is 0 Å². The fourth-order valence-corrected chi connectivity index (χ4v) is 2.73. The first kappa shape index (κ1) is 15.8. The number of thioether (sulfide) groups is 2. The summed E-state index contributed by atoms with van der Waals surface area (Å²) in [6, 6.07) is 0. The quantitative estimate of drug-likeness (QED) is 0.644. The molecule has 4 amide bonds. The van der Waals surface area contributed by atoms with Crippen LogP contribution in [0.1, 0.15) is 0 Å². The van der Waals surface area contributed by atoms with Crippen LogP contribution in [0.4, 0.5) is 4.79 Å². The van der Waals surface area contributed by atoms with Crippen LogP contribution in [0, 0.1) is 0 Å². The van der Waals surface area contributed by atoms with E-state index in [0.29, 0.717) is 0 Å². The average molecular weight is 305 g/mol. The van der Waals surface area contributed by atoms with Crippen LogP contribution in [-0.4, -0.2) is 65.3 Å². The summed E-state index contributed by atoms with van der Waals surface area (Å²) in [6.07, 6.45) is 0. The Kier molecular flexibility index (Phi) is 6.71. The summed E-state index contributed by atoms with van der Waals surface area (Å²) in [7, 11) is 1.53. The lowest BCUT2D eigenvalue weighted by Gasteiger charge is -2.12. The largest absolute Gasteiger partial charge is 0.358 e. The van der Waals surface area contributed by atoms with E-state index in [1.54, 1.807) is 0 Å². The van der Waals surface area contributed by atoms with Crippen LogP contribution < -0.4 is 10.6 Å². The van der Waals surface area contributed by atoms with Crippen molar-refractivity contribution in [2.24, 2.45) is 0 Å². The van der Waals surface area contributed by atoms with Crippen LogP contribution in [0.2, 0.25) is 0 Å². The zero-order chi connectivity index (χ0) is 14.3. The van der Waals surface area contributed by atoms with Crippen LogP contribution in [0.15, 0.2) is 0 Å². The normalized spacial score (nSPS) is 14.7. The third-order valence-electron chi connectivity index (χ3n) is 2.24. The Bertz CT molecular complexity index is 373. The Labute approximate surface area is 119 Å². The smallest absolute Gasteiger partial charge is 0.288 e. The molecule has 0 bridgehead atoms.